The monoisotopic (exact) mass is 203 g/mol. The minimum Gasteiger partial charge on any atom is -0.325 e. The summed E-state index contributed by atoms with van der Waals surface area (Å²) in [6.45, 7) is 2.97. The standard InChI is InChI=1S/C11H13N3O/c1-2-13-8-11(15)14-10-5-3-4-9(6-10)7-12/h3-6,13H,2,8H2,1H3,(H,14,15). The molecule has 0 aliphatic carbocycles. The van der Waals surface area contributed by atoms with Crippen molar-refractivity contribution in [2.24, 2.45) is 0 Å². The minimum absolute atomic E-state index is 0.105. The molecule has 1 aromatic carbocycles. The van der Waals surface area contributed by atoms with E-state index in [1.807, 2.05) is 13.0 Å². The Morgan fingerprint density at radius 2 is 2.33 bits per heavy atom. The average molecular weight is 203 g/mol. The molecule has 0 aliphatic heterocycles. The number of anilines is 1. The van der Waals surface area contributed by atoms with Gasteiger partial charge in [0, 0.05) is 5.69 Å². The maximum absolute atomic E-state index is 11.3. The number of benzene rings is 1. The lowest BCUT2D eigenvalue weighted by Crippen LogP contribution is -2.27. The number of hydrogen-bond donors (Lipinski definition) is 2. The molecule has 0 heterocycles. The molecule has 15 heavy (non-hydrogen) atoms. The SMILES string of the molecule is CCNCC(=O)Nc1cccc(C#N)c1. The topological polar surface area (TPSA) is 64.9 Å². The number of carbonyl (C=O) groups excluding carboxylic acids is 1. The van der Waals surface area contributed by atoms with E-state index in [0.717, 1.165) is 6.54 Å². The van der Waals surface area contributed by atoms with Gasteiger partial charge in [-0.05, 0) is 24.7 Å². The molecule has 0 aliphatic rings. The van der Waals surface area contributed by atoms with E-state index in [9.17, 15) is 4.79 Å². The second-order valence-electron chi connectivity index (χ2n) is 3.02. The summed E-state index contributed by atoms with van der Waals surface area (Å²) < 4.78 is 0. The summed E-state index contributed by atoms with van der Waals surface area (Å²) in [7, 11) is 0. The number of likely N-dealkylation sites (N-methyl/N-ethyl adjacent to an activating group) is 1. The van der Waals surface area contributed by atoms with Crippen molar-refractivity contribution in [2.75, 3.05) is 18.4 Å². The smallest absolute Gasteiger partial charge is 0.238 e. The van der Waals surface area contributed by atoms with E-state index in [-0.39, 0.29) is 12.5 Å². The summed E-state index contributed by atoms with van der Waals surface area (Å²) in [6, 6.07) is 8.85. The van der Waals surface area contributed by atoms with Gasteiger partial charge in [-0.3, -0.25) is 4.79 Å². The summed E-state index contributed by atoms with van der Waals surface area (Å²) >= 11 is 0. The molecule has 4 nitrogen and oxygen atoms in total. The largest absolute Gasteiger partial charge is 0.325 e. The van der Waals surface area contributed by atoms with Crippen LogP contribution in [0.4, 0.5) is 5.69 Å². The Morgan fingerprint density at radius 1 is 1.53 bits per heavy atom. The number of nitriles is 1. The molecule has 4 heteroatoms. The molecule has 1 amide bonds. The summed E-state index contributed by atoms with van der Waals surface area (Å²) in [5.41, 5.74) is 1.19. The molecule has 1 rings (SSSR count). The van der Waals surface area contributed by atoms with Crippen molar-refractivity contribution >= 4 is 11.6 Å². The van der Waals surface area contributed by atoms with Crippen LogP contribution >= 0.6 is 0 Å². The lowest BCUT2D eigenvalue weighted by atomic mass is 10.2. The number of hydrogen-bond acceptors (Lipinski definition) is 3. The van der Waals surface area contributed by atoms with E-state index < -0.39 is 0 Å². The zero-order valence-electron chi connectivity index (χ0n) is 8.58. The Hall–Kier alpha value is -1.86. The molecule has 0 saturated carbocycles. The van der Waals surface area contributed by atoms with Crippen LogP contribution in [0, 0.1) is 11.3 Å². The van der Waals surface area contributed by atoms with Crippen molar-refractivity contribution in [3.8, 4) is 6.07 Å². The molecule has 0 atom stereocenters. The highest BCUT2D eigenvalue weighted by Gasteiger charge is 2.01. The van der Waals surface area contributed by atoms with E-state index in [0.29, 0.717) is 11.3 Å². The predicted octanol–water partition coefficient (Wildman–Crippen LogP) is 1.11. The van der Waals surface area contributed by atoms with Gasteiger partial charge in [-0.1, -0.05) is 13.0 Å². The van der Waals surface area contributed by atoms with Crippen molar-refractivity contribution in [3.05, 3.63) is 29.8 Å². The summed E-state index contributed by atoms with van der Waals surface area (Å²) in [4.78, 5) is 11.3. The molecule has 2 N–H and O–H groups in total. The van der Waals surface area contributed by atoms with Crippen LogP contribution in [-0.4, -0.2) is 19.0 Å². The van der Waals surface area contributed by atoms with Gasteiger partial charge >= 0.3 is 0 Å². The first-order chi connectivity index (χ1) is 7.26. The quantitative estimate of drug-likeness (QED) is 0.770. The van der Waals surface area contributed by atoms with Gasteiger partial charge in [-0.15, -0.1) is 0 Å². The van der Waals surface area contributed by atoms with Gasteiger partial charge in [0.05, 0.1) is 18.2 Å². The second-order valence-corrected chi connectivity index (χ2v) is 3.02. The van der Waals surface area contributed by atoms with Gasteiger partial charge in [-0.25, -0.2) is 0 Å². The first kappa shape index (κ1) is 11.2. The van der Waals surface area contributed by atoms with E-state index >= 15 is 0 Å². The number of nitrogens with one attached hydrogen (secondary N) is 2. The molecule has 0 saturated heterocycles. The molecule has 0 fully saturated rings. The van der Waals surface area contributed by atoms with Crippen molar-refractivity contribution in [1.82, 2.24) is 5.32 Å². The molecule has 1 aromatic rings. The van der Waals surface area contributed by atoms with Crippen molar-refractivity contribution in [2.45, 2.75) is 6.92 Å². The van der Waals surface area contributed by atoms with Crippen LogP contribution in [0.15, 0.2) is 24.3 Å². The summed E-state index contributed by atoms with van der Waals surface area (Å²) in [6.07, 6.45) is 0. The maximum atomic E-state index is 11.3. The minimum atomic E-state index is -0.105. The Morgan fingerprint density at radius 3 is 3.00 bits per heavy atom. The fraction of sp³-hybridized carbons (Fsp3) is 0.273. The Kier molecular flexibility index (Phi) is 4.32. The van der Waals surface area contributed by atoms with Crippen molar-refractivity contribution < 1.29 is 4.79 Å². The fourth-order valence-corrected chi connectivity index (χ4v) is 1.11. The predicted molar refractivity (Wildman–Crippen MR) is 58.3 cm³/mol. The van der Waals surface area contributed by atoms with Crippen LogP contribution in [0.1, 0.15) is 12.5 Å². The van der Waals surface area contributed by atoms with Gasteiger partial charge in [0.15, 0.2) is 0 Å². The lowest BCUT2D eigenvalue weighted by Gasteiger charge is -2.05. The first-order valence-corrected chi connectivity index (χ1v) is 4.77. The van der Waals surface area contributed by atoms with E-state index in [2.05, 4.69) is 10.6 Å². The first-order valence-electron chi connectivity index (χ1n) is 4.77. The highest BCUT2D eigenvalue weighted by Crippen LogP contribution is 2.09. The Bertz CT molecular complexity index is 382. The third-order valence-corrected chi connectivity index (χ3v) is 1.81. The van der Waals surface area contributed by atoms with Gasteiger partial charge < -0.3 is 10.6 Å². The number of nitrogens with zero attached hydrogens (tertiary/aromatic N) is 1. The van der Waals surface area contributed by atoms with Gasteiger partial charge in [0.2, 0.25) is 5.91 Å². The second kappa shape index (κ2) is 5.78. The normalized spacial score (nSPS) is 9.33. The van der Waals surface area contributed by atoms with Crippen LogP contribution in [0.5, 0.6) is 0 Å². The third kappa shape index (κ3) is 3.79. The maximum Gasteiger partial charge on any atom is 0.238 e. The van der Waals surface area contributed by atoms with Crippen LogP contribution in [-0.2, 0) is 4.79 Å². The lowest BCUT2D eigenvalue weighted by molar-refractivity contribution is -0.115. The highest BCUT2D eigenvalue weighted by molar-refractivity contribution is 5.92. The van der Waals surface area contributed by atoms with Gasteiger partial charge in [0.1, 0.15) is 0 Å². The van der Waals surface area contributed by atoms with E-state index in [4.69, 9.17) is 5.26 Å². The van der Waals surface area contributed by atoms with Crippen molar-refractivity contribution in [1.29, 1.82) is 5.26 Å². The fourth-order valence-electron chi connectivity index (χ4n) is 1.11. The van der Waals surface area contributed by atoms with E-state index in [1.54, 1.807) is 24.3 Å². The molecule has 0 spiro atoms. The van der Waals surface area contributed by atoms with Crippen LogP contribution in [0.25, 0.3) is 0 Å². The van der Waals surface area contributed by atoms with Gasteiger partial charge in [0.25, 0.3) is 0 Å². The summed E-state index contributed by atoms with van der Waals surface area (Å²) in [5, 5.41) is 14.3. The molecule has 0 radical (unpaired) electrons. The Labute approximate surface area is 88.9 Å². The number of amides is 1. The summed E-state index contributed by atoms with van der Waals surface area (Å²) in [5.74, 6) is -0.105. The molecule has 0 aromatic heterocycles. The van der Waals surface area contributed by atoms with Crippen molar-refractivity contribution in [3.63, 3.8) is 0 Å². The van der Waals surface area contributed by atoms with Crippen LogP contribution < -0.4 is 10.6 Å². The zero-order valence-corrected chi connectivity index (χ0v) is 8.58. The highest BCUT2D eigenvalue weighted by atomic mass is 16.1. The van der Waals surface area contributed by atoms with Gasteiger partial charge in [-0.2, -0.15) is 5.26 Å². The molecular formula is C11H13N3O. The number of rotatable bonds is 4. The number of carbonyl (C=O) groups is 1. The third-order valence-electron chi connectivity index (χ3n) is 1.81. The molecular weight excluding hydrogens is 190 g/mol. The van der Waals surface area contributed by atoms with E-state index in [1.165, 1.54) is 0 Å². The zero-order chi connectivity index (χ0) is 11.1. The molecule has 78 valence electrons. The van der Waals surface area contributed by atoms with Crippen LogP contribution in [0.2, 0.25) is 0 Å². The Balaban J connectivity index is 2.57. The molecule has 0 bridgehead atoms. The molecule has 0 unspecified atom stereocenters. The van der Waals surface area contributed by atoms with Crippen LogP contribution in [0.3, 0.4) is 0 Å². The average Bonchev–Trinajstić information content (AvgIpc) is 2.26.